The van der Waals surface area contributed by atoms with Crippen LogP contribution in [0, 0.1) is 0 Å². The first kappa shape index (κ1) is 20.3. The van der Waals surface area contributed by atoms with Crippen LogP contribution >= 0.6 is 21.6 Å². The molecule has 0 aliphatic heterocycles. The van der Waals surface area contributed by atoms with E-state index in [4.69, 9.17) is 0 Å². The van der Waals surface area contributed by atoms with Gasteiger partial charge in [-0.2, -0.15) is 0 Å². The molecule has 0 saturated heterocycles. The zero-order valence-electron chi connectivity index (χ0n) is 16.1. The van der Waals surface area contributed by atoms with Gasteiger partial charge >= 0.3 is 0 Å². The molecule has 4 nitrogen and oxygen atoms in total. The predicted octanol–water partition coefficient (Wildman–Crippen LogP) is 5.95. The molecule has 0 unspecified atom stereocenters. The first-order valence-electron chi connectivity index (χ1n) is 9.50. The molecule has 0 aliphatic rings. The van der Waals surface area contributed by atoms with Crippen LogP contribution in [0.25, 0.3) is 21.5 Å². The predicted molar refractivity (Wildman–Crippen MR) is 130 cm³/mol. The summed E-state index contributed by atoms with van der Waals surface area (Å²) in [4.78, 5) is 24.6. The highest BCUT2D eigenvalue weighted by Crippen LogP contribution is 2.26. The van der Waals surface area contributed by atoms with Gasteiger partial charge in [0.1, 0.15) is 0 Å². The van der Waals surface area contributed by atoms with Gasteiger partial charge in [0.05, 0.1) is 11.5 Å². The summed E-state index contributed by atoms with van der Waals surface area (Å²) in [5.74, 6) is 0.377. The summed E-state index contributed by atoms with van der Waals surface area (Å²) >= 11 is 0. The number of carbonyl (C=O) groups excluding carboxylic acids is 2. The Hall–Kier alpha value is -2.96. The summed E-state index contributed by atoms with van der Waals surface area (Å²) in [7, 11) is 2.74. The topological polar surface area (TPSA) is 58.2 Å². The number of hydrogen-bond acceptors (Lipinski definition) is 4. The van der Waals surface area contributed by atoms with Crippen molar-refractivity contribution in [1.82, 2.24) is 0 Å². The van der Waals surface area contributed by atoms with Crippen molar-refractivity contribution < 1.29 is 9.59 Å². The summed E-state index contributed by atoms with van der Waals surface area (Å²) < 4.78 is 0. The SMILES string of the molecule is O=C(CSSCC(=O)Nc1cccc2ccccc12)Nc1cccc2ccccc12. The Morgan fingerprint density at radius 3 is 1.43 bits per heavy atom. The largest absolute Gasteiger partial charge is 0.325 e. The van der Waals surface area contributed by atoms with Crippen molar-refractivity contribution >= 4 is 66.3 Å². The molecule has 0 radical (unpaired) electrons. The van der Waals surface area contributed by atoms with Crippen molar-refractivity contribution in [2.24, 2.45) is 0 Å². The van der Waals surface area contributed by atoms with Crippen LogP contribution in [0.15, 0.2) is 84.9 Å². The van der Waals surface area contributed by atoms with Crippen molar-refractivity contribution in [3.05, 3.63) is 84.9 Å². The first-order valence-corrected chi connectivity index (χ1v) is 12.0. The number of amides is 2. The van der Waals surface area contributed by atoms with E-state index < -0.39 is 0 Å². The second kappa shape index (κ2) is 9.69. The maximum Gasteiger partial charge on any atom is 0.235 e. The molecule has 4 rings (SSSR count). The van der Waals surface area contributed by atoms with Gasteiger partial charge in [0, 0.05) is 22.1 Å². The van der Waals surface area contributed by atoms with Gasteiger partial charge in [-0.3, -0.25) is 9.59 Å². The van der Waals surface area contributed by atoms with Crippen LogP contribution in [-0.4, -0.2) is 23.3 Å². The third kappa shape index (κ3) is 4.96. The molecule has 4 aromatic rings. The Morgan fingerprint density at radius 1 is 0.567 bits per heavy atom. The van der Waals surface area contributed by atoms with Crippen molar-refractivity contribution in [2.45, 2.75) is 0 Å². The molecule has 2 amide bonds. The molecule has 2 N–H and O–H groups in total. The van der Waals surface area contributed by atoms with Crippen LogP contribution in [0.3, 0.4) is 0 Å². The highest BCUT2D eigenvalue weighted by Gasteiger charge is 2.09. The number of hydrogen-bond donors (Lipinski definition) is 2. The van der Waals surface area contributed by atoms with Crippen molar-refractivity contribution in [1.29, 1.82) is 0 Å². The number of rotatable bonds is 7. The van der Waals surface area contributed by atoms with Crippen LogP contribution in [0.1, 0.15) is 0 Å². The molecule has 150 valence electrons. The minimum Gasteiger partial charge on any atom is -0.325 e. The standard InChI is InChI=1S/C24H20N2O2S2/c27-23(25-21-13-5-9-17-7-1-3-11-19(17)21)15-29-30-16-24(28)26-22-14-6-10-18-8-2-4-12-20(18)22/h1-14H,15-16H2,(H,25,27)(H,26,28). The van der Waals surface area contributed by atoms with Gasteiger partial charge in [-0.1, -0.05) is 94.4 Å². The fourth-order valence-corrected chi connectivity index (χ4v) is 4.90. The Labute approximate surface area is 182 Å². The van der Waals surface area contributed by atoms with E-state index in [0.717, 1.165) is 32.9 Å². The quantitative estimate of drug-likeness (QED) is 0.280. The van der Waals surface area contributed by atoms with E-state index in [1.807, 2.05) is 84.9 Å². The maximum atomic E-state index is 12.3. The van der Waals surface area contributed by atoms with E-state index in [2.05, 4.69) is 10.6 Å². The fourth-order valence-electron chi connectivity index (χ4n) is 3.23. The Morgan fingerprint density at radius 2 is 0.967 bits per heavy atom. The lowest BCUT2D eigenvalue weighted by Gasteiger charge is -2.09. The molecular formula is C24H20N2O2S2. The monoisotopic (exact) mass is 432 g/mol. The highest BCUT2D eigenvalue weighted by molar-refractivity contribution is 8.77. The van der Waals surface area contributed by atoms with E-state index in [9.17, 15) is 9.59 Å². The zero-order valence-corrected chi connectivity index (χ0v) is 17.8. The maximum absolute atomic E-state index is 12.3. The second-order valence-electron chi connectivity index (χ2n) is 6.67. The molecule has 30 heavy (non-hydrogen) atoms. The van der Waals surface area contributed by atoms with Crippen molar-refractivity contribution in [3.8, 4) is 0 Å². The van der Waals surface area contributed by atoms with Gasteiger partial charge < -0.3 is 10.6 Å². The van der Waals surface area contributed by atoms with Crippen molar-refractivity contribution in [3.63, 3.8) is 0 Å². The van der Waals surface area contributed by atoms with Gasteiger partial charge in [-0.05, 0) is 22.9 Å². The molecule has 0 aromatic heterocycles. The van der Waals surface area contributed by atoms with Crippen LogP contribution in [0.4, 0.5) is 11.4 Å². The van der Waals surface area contributed by atoms with Gasteiger partial charge in [0.25, 0.3) is 0 Å². The average Bonchev–Trinajstić information content (AvgIpc) is 2.77. The molecule has 6 heteroatoms. The smallest absolute Gasteiger partial charge is 0.235 e. The Balaban J connectivity index is 1.25. The molecule has 0 heterocycles. The minimum atomic E-state index is -0.0849. The van der Waals surface area contributed by atoms with Gasteiger partial charge in [-0.25, -0.2) is 0 Å². The second-order valence-corrected chi connectivity index (χ2v) is 9.14. The molecule has 0 bridgehead atoms. The number of fused-ring (bicyclic) bond motifs is 2. The van der Waals surface area contributed by atoms with E-state index in [1.165, 1.54) is 21.6 Å². The minimum absolute atomic E-state index is 0.0849. The van der Waals surface area contributed by atoms with Crippen LogP contribution < -0.4 is 10.6 Å². The number of anilines is 2. The summed E-state index contributed by atoms with van der Waals surface area (Å²) in [5.41, 5.74) is 1.61. The Bertz CT molecular complexity index is 1100. The van der Waals surface area contributed by atoms with Crippen LogP contribution in [0.2, 0.25) is 0 Å². The normalized spacial score (nSPS) is 10.8. The lowest BCUT2D eigenvalue weighted by Crippen LogP contribution is -2.15. The summed E-state index contributed by atoms with van der Waals surface area (Å²) in [6.45, 7) is 0. The average molecular weight is 433 g/mol. The fraction of sp³-hybridized carbons (Fsp3) is 0.0833. The molecule has 0 atom stereocenters. The van der Waals surface area contributed by atoms with E-state index in [-0.39, 0.29) is 23.3 Å². The summed E-state index contributed by atoms with van der Waals surface area (Å²) in [6, 6.07) is 27.6. The third-order valence-electron chi connectivity index (χ3n) is 4.59. The number of carbonyl (C=O) groups is 2. The highest BCUT2D eigenvalue weighted by atomic mass is 33.1. The molecule has 0 fully saturated rings. The summed E-state index contributed by atoms with van der Waals surface area (Å²) in [6.07, 6.45) is 0. The molecule has 0 aliphatic carbocycles. The number of nitrogens with one attached hydrogen (secondary N) is 2. The van der Waals surface area contributed by atoms with E-state index >= 15 is 0 Å². The third-order valence-corrected chi connectivity index (χ3v) is 6.72. The van der Waals surface area contributed by atoms with E-state index in [0.29, 0.717) is 0 Å². The van der Waals surface area contributed by atoms with Crippen LogP contribution in [-0.2, 0) is 9.59 Å². The van der Waals surface area contributed by atoms with Crippen LogP contribution in [0.5, 0.6) is 0 Å². The Kier molecular flexibility index (Phi) is 6.57. The lowest BCUT2D eigenvalue weighted by molar-refractivity contribution is -0.114. The van der Waals surface area contributed by atoms with E-state index in [1.54, 1.807) is 0 Å². The van der Waals surface area contributed by atoms with Gasteiger partial charge in [0.2, 0.25) is 11.8 Å². The first-order chi connectivity index (χ1) is 14.7. The molecule has 4 aromatic carbocycles. The van der Waals surface area contributed by atoms with Gasteiger partial charge in [-0.15, -0.1) is 0 Å². The molecule has 0 saturated carbocycles. The number of benzene rings is 4. The van der Waals surface area contributed by atoms with Crippen molar-refractivity contribution in [2.75, 3.05) is 22.1 Å². The lowest BCUT2D eigenvalue weighted by atomic mass is 10.1. The van der Waals surface area contributed by atoms with Gasteiger partial charge in [0.15, 0.2) is 0 Å². The molecule has 0 spiro atoms. The molecular weight excluding hydrogens is 412 g/mol. The summed E-state index contributed by atoms with van der Waals surface area (Å²) in [5, 5.41) is 10.1. The zero-order chi connectivity index (χ0) is 20.8.